The molecule has 1 N–H and O–H groups in total. The Morgan fingerprint density at radius 2 is 2.00 bits per heavy atom. The van der Waals surface area contributed by atoms with Crippen LogP contribution in [0.25, 0.3) is 0 Å². The summed E-state index contributed by atoms with van der Waals surface area (Å²) < 4.78 is 11.1. The second kappa shape index (κ2) is 6.51. The first kappa shape index (κ1) is 13.9. The van der Waals surface area contributed by atoms with Gasteiger partial charge in [0.1, 0.15) is 5.75 Å². The van der Waals surface area contributed by atoms with E-state index < -0.39 is 10.8 Å². The van der Waals surface area contributed by atoms with Gasteiger partial charge in [0.05, 0.1) is 12.6 Å². The maximum absolute atomic E-state index is 12.0. The topological polar surface area (TPSA) is 57.6 Å². The van der Waals surface area contributed by atoms with Crippen molar-refractivity contribution in [2.45, 2.75) is 13.0 Å². The molecule has 0 saturated carbocycles. The number of hydrogen-bond acceptors (Lipinski definition) is 3. The van der Waals surface area contributed by atoms with Crippen molar-refractivity contribution >= 4 is 22.4 Å². The summed E-state index contributed by atoms with van der Waals surface area (Å²) >= 11 is 0. The summed E-state index contributed by atoms with van der Waals surface area (Å²) in [6, 6.07) is 8.76. The molecule has 1 amide bonds. The highest BCUT2D eigenvalue weighted by atomic mass is 32.2. The third kappa shape index (κ3) is 3.94. The molecule has 0 aliphatic heterocycles. The van der Waals surface area contributed by atoms with Crippen molar-refractivity contribution in [3.05, 3.63) is 30.3 Å². The fourth-order valence-corrected chi connectivity index (χ4v) is 2.04. The summed E-state index contributed by atoms with van der Waals surface area (Å²) in [6.45, 7) is 1.63. The normalized spacial score (nSPS) is 14.1. The van der Waals surface area contributed by atoms with Crippen LogP contribution in [0.3, 0.4) is 0 Å². The summed E-state index contributed by atoms with van der Waals surface area (Å²) in [5.41, 5.74) is 0.713. The van der Waals surface area contributed by atoms with Gasteiger partial charge in [-0.3, -0.25) is 9.00 Å². The van der Waals surface area contributed by atoms with Gasteiger partial charge in [-0.05, 0) is 19.1 Å². The lowest BCUT2D eigenvalue weighted by Gasteiger charge is -2.27. The van der Waals surface area contributed by atoms with Crippen LogP contribution in [0, 0.1) is 0 Å². The molecule has 0 aliphatic carbocycles. The van der Waals surface area contributed by atoms with Gasteiger partial charge in [-0.2, -0.15) is 0 Å². The van der Waals surface area contributed by atoms with Crippen LogP contribution in [0.4, 0.5) is 5.69 Å². The van der Waals surface area contributed by atoms with Gasteiger partial charge in [0.15, 0.2) is 0 Å². The smallest absolute Gasteiger partial charge is 0.239 e. The van der Waals surface area contributed by atoms with E-state index >= 15 is 0 Å². The minimum atomic E-state index is -1.18. The number of aliphatic hydroxyl groups is 1. The van der Waals surface area contributed by atoms with Crippen molar-refractivity contribution in [1.29, 1.82) is 0 Å². The van der Waals surface area contributed by atoms with Crippen LogP contribution in [-0.2, 0) is 15.6 Å². The number of para-hydroxylation sites is 1. The maximum atomic E-state index is 12.0. The number of carbonyl (C=O) groups is 1. The summed E-state index contributed by atoms with van der Waals surface area (Å²) in [6.07, 6.45) is 1.49. The zero-order chi connectivity index (χ0) is 12.8. The summed E-state index contributed by atoms with van der Waals surface area (Å²) in [5.74, 6) is -0.266. The predicted octanol–water partition coefficient (Wildman–Crippen LogP) is 0.779. The van der Waals surface area contributed by atoms with Crippen molar-refractivity contribution in [2.75, 3.05) is 23.5 Å². The molecule has 17 heavy (non-hydrogen) atoms. The molecule has 0 spiro atoms. The number of hydrogen-bond donors (Lipinski definition) is 1. The molecule has 0 aliphatic rings. The highest BCUT2D eigenvalue weighted by Gasteiger charge is 2.21. The van der Waals surface area contributed by atoms with Gasteiger partial charge < -0.3 is 10.0 Å². The van der Waals surface area contributed by atoms with E-state index in [1.165, 1.54) is 11.2 Å². The number of nitrogens with zero attached hydrogens (tertiary/aromatic N) is 1. The Hall–Kier alpha value is -1.20. The summed E-state index contributed by atoms with van der Waals surface area (Å²) in [5, 5.41) is 9.18. The van der Waals surface area contributed by atoms with Crippen LogP contribution in [-0.4, -0.2) is 39.9 Å². The SMILES string of the molecule is CC(CO)N(C(=O)CS(C)=O)c1ccccc1. The maximum Gasteiger partial charge on any atom is 0.239 e. The molecule has 0 fully saturated rings. The monoisotopic (exact) mass is 255 g/mol. The number of amides is 1. The lowest BCUT2D eigenvalue weighted by atomic mass is 10.2. The largest absolute Gasteiger partial charge is 0.394 e. The molecule has 1 aromatic carbocycles. The van der Waals surface area contributed by atoms with E-state index in [2.05, 4.69) is 0 Å². The van der Waals surface area contributed by atoms with Crippen LogP contribution >= 0.6 is 0 Å². The Morgan fingerprint density at radius 3 is 2.47 bits per heavy atom. The van der Waals surface area contributed by atoms with Crippen LogP contribution in [0.5, 0.6) is 0 Å². The van der Waals surface area contributed by atoms with Gasteiger partial charge >= 0.3 is 0 Å². The predicted molar refractivity (Wildman–Crippen MR) is 69.4 cm³/mol. The number of anilines is 1. The minimum Gasteiger partial charge on any atom is -0.394 e. The van der Waals surface area contributed by atoms with Crippen LogP contribution < -0.4 is 4.90 Å². The third-order valence-electron chi connectivity index (χ3n) is 2.33. The molecule has 0 saturated heterocycles. The quantitative estimate of drug-likeness (QED) is 0.846. The molecule has 0 heterocycles. The highest BCUT2D eigenvalue weighted by Crippen LogP contribution is 2.16. The van der Waals surface area contributed by atoms with E-state index in [9.17, 15) is 14.1 Å². The first-order valence-electron chi connectivity index (χ1n) is 5.34. The van der Waals surface area contributed by atoms with E-state index in [4.69, 9.17) is 0 Å². The van der Waals surface area contributed by atoms with Crippen molar-refractivity contribution in [2.24, 2.45) is 0 Å². The first-order chi connectivity index (χ1) is 8.06. The molecule has 1 rings (SSSR count). The molecular weight excluding hydrogens is 238 g/mol. The van der Waals surface area contributed by atoms with Crippen LogP contribution in [0.1, 0.15) is 6.92 Å². The molecule has 2 atom stereocenters. The third-order valence-corrected chi connectivity index (χ3v) is 2.99. The first-order valence-corrected chi connectivity index (χ1v) is 7.07. The van der Waals surface area contributed by atoms with Crippen molar-refractivity contribution in [1.82, 2.24) is 0 Å². The fourth-order valence-electron chi connectivity index (χ4n) is 1.56. The molecule has 5 heteroatoms. The zero-order valence-electron chi connectivity index (χ0n) is 10.00. The average molecular weight is 255 g/mol. The molecule has 4 nitrogen and oxygen atoms in total. The Morgan fingerprint density at radius 1 is 1.41 bits per heavy atom. The van der Waals surface area contributed by atoms with E-state index in [1.807, 2.05) is 18.2 Å². The van der Waals surface area contributed by atoms with E-state index in [0.29, 0.717) is 5.69 Å². The highest BCUT2D eigenvalue weighted by molar-refractivity contribution is 7.85. The summed E-state index contributed by atoms with van der Waals surface area (Å²) in [4.78, 5) is 13.5. The second-order valence-electron chi connectivity index (χ2n) is 3.85. The molecular formula is C12H17NO3S. The average Bonchev–Trinajstić information content (AvgIpc) is 2.29. The molecule has 0 aromatic heterocycles. The van der Waals surface area contributed by atoms with Gasteiger partial charge in [-0.25, -0.2) is 0 Å². The van der Waals surface area contributed by atoms with Gasteiger partial charge in [0, 0.05) is 22.7 Å². The van der Waals surface area contributed by atoms with Gasteiger partial charge in [0.25, 0.3) is 0 Å². The van der Waals surface area contributed by atoms with Gasteiger partial charge in [-0.1, -0.05) is 18.2 Å². The molecule has 1 aromatic rings. The van der Waals surface area contributed by atoms with Crippen LogP contribution in [0.15, 0.2) is 30.3 Å². The number of benzene rings is 1. The zero-order valence-corrected chi connectivity index (χ0v) is 10.8. The van der Waals surface area contributed by atoms with E-state index in [-0.39, 0.29) is 24.3 Å². The van der Waals surface area contributed by atoms with Crippen molar-refractivity contribution in [3.8, 4) is 0 Å². The molecule has 94 valence electrons. The van der Waals surface area contributed by atoms with Gasteiger partial charge in [0.2, 0.25) is 5.91 Å². The lowest BCUT2D eigenvalue weighted by Crippen LogP contribution is -2.43. The minimum absolute atomic E-state index is 0.0285. The van der Waals surface area contributed by atoms with Crippen molar-refractivity contribution < 1.29 is 14.1 Å². The Labute approximate surface area is 104 Å². The number of carbonyl (C=O) groups excluding carboxylic acids is 1. The Bertz CT molecular complexity index is 394. The lowest BCUT2D eigenvalue weighted by molar-refractivity contribution is -0.116. The number of rotatable bonds is 5. The van der Waals surface area contributed by atoms with Crippen LogP contribution in [0.2, 0.25) is 0 Å². The molecule has 0 radical (unpaired) electrons. The Balaban J connectivity index is 2.96. The van der Waals surface area contributed by atoms with Gasteiger partial charge in [-0.15, -0.1) is 0 Å². The number of aliphatic hydroxyl groups excluding tert-OH is 1. The standard InChI is InChI=1S/C12H17NO3S/c1-10(8-14)13(12(15)9-17(2)16)11-6-4-3-5-7-11/h3-7,10,14H,8-9H2,1-2H3. The Kier molecular flexibility index (Phi) is 5.31. The molecule has 2 unspecified atom stereocenters. The van der Waals surface area contributed by atoms with Crippen molar-refractivity contribution in [3.63, 3.8) is 0 Å². The van der Waals surface area contributed by atoms with E-state index in [0.717, 1.165) is 0 Å². The fraction of sp³-hybridized carbons (Fsp3) is 0.417. The van der Waals surface area contributed by atoms with E-state index in [1.54, 1.807) is 19.1 Å². The second-order valence-corrected chi connectivity index (χ2v) is 5.28. The molecule has 0 bridgehead atoms. The summed E-state index contributed by atoms with van der Waals surface area (Å²) in [7, 11) is -1.18.